The number of hydrogen-bond acceptors (Lipinski definition) is 4. The zero-order chi connectivity index (χ0) is 20.8. The molecule has 1 aromatic heterocycles. The van der Waals surface area contributed by atoms with Crippen LogP contribution in [0.4, 0.5) is 5.69 Å². The highest BCUT2D eigenvalue weighted by Crippen LogP contribution is 2.15. The summed E-state index contributed by atoms with van der Waals surface area (Å²) in [5.41, 5.74) is 2.29. The van der Waals surface area contributed by atoms with Crippen molar-refractivity contribution < 1.29 is 9.59 Å². The van der Waals surface area contributed by atoms with Crippen molar-refractivity contribution in [1.82, 2.24) is 14.9 Å². The van der Waals surface area contributed by atoms with Crippen LogP contribution in [0.2, 0.25) is 0 Å². The number of nitrogens with one attached hydrogen (secondary N) is 2. The molecule has 0 fully saturated rings. The van der Waals surface area contributed by atoms with Crippen molar-refractivity contribution in [3.05, 3.63) is 70.3 Å². The normalized spacial score (nSPS) is 10.7. The SMILES string of the molecule is CCCNC(=O)c1ccccc1NC(=O)CCn1cnc2c(C)cccc2c1=O. The smallest absolute Gasteiger partial charge is 0.261 e. The number of carbonyl (C=O) groups excluding carboxylic acids is 2. The number of carbonyl (C=O) groups is 2. The van der Waals surface area contributed by atoms with Gasteiger partial charge >= 0.3 is 0 Å². The predicted molar refractivity (Wildman–Crippen MR) is 113 cm³/mol. The molecule has 1 heterocycles. The maximum Gasteiger partial charge on any atom is 0.261 e. The number of benzene rings is 2. The van der Waals surface area contributed by atoms with Gasteiger partial charge in [0.15, 0.2) is 0 Å². The second-order valence-electron chi connectivity index (χ2n) is 6.81. The Morgan fingerprint density at radius 3 is 2.69 bits per heavy atom. The van der Waals surface area contributed by atoms with Gasteiger partial charge in [0.25, 0.3) is 11.5 Å². The van der Waals surface area contributed by atoms with Crippen LogP contribution in [0, 0.1) is 6.92 Å². The van der Waals surface area contributed by atoms with Crippen molar-refractivity contribution in [2.75, 3.05) is 11.9 Å². The molecule has 0 saturated heterocycles. The second-order valence-corrected chi connectivity index (χ2v) is 6.81. The highest BCUT2D eigenvalue weighted by Gasteiger charge is 2.13. The molecule has 2 N–H and O–H groups in total. The number of nitrogens with zero attached hydrogens (tertiary/aromatic N) is 2. The van der Waals surface area contributed by atoms with Crippen molar-refractivity contribution in [1.29, 1.82) is 0 Å². The molecule has 0 aliphatic rings. The Bertz CT molecular complexity index is 1100. The number of amides is 2. The summed E-state index contributed by atoms with van der Waals surface area (Å²) < 4.78 is 1.43. The first-order valence-corrected chi connectivity index (χ1v) is 9.63. The Hall–Kier alpha value is -3.48. The Balaban J connectivity index is 1.70. The first kappa shape index (κ1) is 20.3. The first-order chi connectivity index (χ1) is 14.0. The van der Waals surface area contributed by atoms with Gasteiger partial charge in [0.1, 0.15) is 0 Å². The van der Waals surface area contributed by atoms with Crippen LogP contribution >= 0.6 is 0 Å². The topological polar surface area (TPSA) is 93.1 Å². The monoisotopic (exact) mass is 392 g/mol. The third-order valence-electron chi connectivity index (χ3n) is 4.62. The molecule has 0 saturated carbocycles. The van der Waals surface area contributed by atoms with Gasteiger partial charge in [-0.2, -0.15) is 0 Å². The van der Waals surface area contributed by atoms with E-state index in [0.717, 1.165) is 12.0 Å². The van der Waals surface area contributed by atoms with Crippen LogP contribution in [0.25, 0.3) is 10.9 Å². The van der Waals surface area contributed by atoms with Crippen LogP contribution < -0.4 is 16.2 Å². The minimum absolute atomic E-state index is 0.0871. The van der Waals surface area contributed by atoms with Crippen molar-refractivity contribution in [2.24, 2.45) is 0 Å². The van der Waals surface area contributed by atoms with Gasteiger partial charge < -0.3 is 10.6 Å². The van der Waals surface area contributed by atoms with E-state index in [2.05, 4.69) is 15.6 Å². The molecule has 0 atom stereocenters. The Morgan fingerprint density at radius 1 is 1.10 bits per heavy atom. The highest BCUT2D eigenvalue weighted by molar-refractivity contribution is 6.03. The molecule has 2 aromatic carbocycles. The molecular formula is C22H24N4O3. The molecule has 0 bridgehead atoms. The van der Waals surface area contributed by atoms with Crippen molar-refractivity contribution >= 4 is 28.4 Å². The minimum atomic E-state index is -0.281. The molecule has 3 rings (SSSR count). The lowest BCUT2D eigenvalue weighted by Gasteiger charge is -2.12. The third-order valence-corrected chi connectivity index (χ3v) is 4.62. The molecule has 3 aromatic rings. The zero-order valence-corrected chi connectivity index (χ0v) is 16.6. The van der Waals surface area contributed by atoms with Crippen LogP contribution in [-0.2, 0) is 11.3 Å². The zero-order valence-electron chi connectivity index (χ0n) is 16.6. The van der Waals surface area contributed by atoms with Crippen LogP contribution in [0.5, 0.6) is 0 Å². The van der Waals surface area contributed by atoms with Gasteiger partial charge in [-0.25, -0.2) is 4.98 Å². The Labute approximate surface area is 168 Å². The summed E-state index contributed by atoms with van der Waals surface area (Å²) in [5, 5.41) is 6.11. The number of fused-ring (bicyclic) bond motifs is 1. The summed E-state index contributed by atoms with van der Waals surface area (Å²) >= 11 is 0. The summed E-state index contributed by atoms with van der Waals surface area (Å²) in [6.45, 7) is 4.64. The van der Waals surface area contributed by atoms with Gasteiger partial charge in [0, 0.05) is 19.5 Å². The molecule has 29 heavy (non-hydrogen) atoms. The van der Waals surface area contributed by atoms with E-state index in [4.69, 9.17) is 0 Å². The van der Waals surface area contributed by atoms with Crippen molar-refractivity contribution in [2.45, 2.75) is 33.2 Å². The lowest BCUT2D eigenvalue weighted by atomic mass is 10.1. The molecule has 7 nitrogen and oxygen atoms in total. The Kier molecular flexibility index (Phi) is 6.39. The molecule has 0 spiro atoms. The summed E-state index contributed by atoms with van der Waals surface area (Å²) in [7, 11) is 0. The molecule has 0 aliphatic carbocycles. The average Bonchev–Trinajstić information content (AvgIpc) is 2.72. The maximum absolute atomic E-state index is 12.6. The fourth-order valence-corrected chi connectivity index (χ4v) is 3.06. The average molecular weight is 392 g/mol. The summed E-state index contributed by atoms with van der Waals surface area (Å²) in [4.78, 5) is 41.7. The van der Waals surface area contributed by atoms with E-state index >= 15 is 0 Å². The number of anilines is 1. The number of rotatable bonds is 7. The number of aromatic nitrogens is 2. The summed E-state index contributed by atoms with van der Waals surface area (Å²) in [6, 6.07) is 12.3. The van der Waals surface area contributed by atoms with E-state index in [1.54, 1.807) is 30.3 Å². The quantitative estimate of drug-likeness (QED) is 0.647. The van der Waals surface area contributed by atoms with Crippen LogP contribution in [0.15, 0.2) is 53.6 Å². The largest absolute Gasteiger partial charge is 0.352 e. The van der Waals surface area contributed by atoms with Gasteiger partial charge in [-0.15, -0.1) is 0 Å². The predicted octanol–water partition coefficient (Wildman–Crippen LogP) is 2.87. The molecule has 150 valence electrons. The van der Waals surface area contributed by atoms with Crippen LogP contribution in [0.3, 0.4) is 0 Å². The van der Waals surface area contributed by atoms with E-state index in [0.29, 0.717) is 28.7 Å². The van der Waals surface area contributed by atoms with Crippen molar-refractivity contribution in [3.63, 3.8) is 0 Å². The fraction of sp³-hybridized carbons (Fsp3) is 0.273. The highest BCUT2D eigenvalue weighted by atomic mass is 16.2. The van der Waals surface area contributed by atoms with Gasteiger partial charge in [0.2, 0.25) is 5.91 Å². The van der Waals surface area contributed by atoms with Gasteiger partial charge in [0.05, 0.1) is 28.5 Å². The molecular weight excluding hydrogens is 368 g/mol. The maximum atomic E-state index is 12.6. The van der Waals surface area contributed by atoms with E-state index in [-0.39, 0.29) is 30.3 Å². The number of aryl methyl sites for hydroxylation is 2. The van der Waals surface area contributed by atoms with Crippen molar-refractivity contribution in [3.8, 4) is 0 Å². The van der Waals surface area contributed by atoms with E-state index < -0.39 is 0 Å². The molecule has 0 radical (unpaired) electrons. The lowest BCUT2D eigenvalue weighted by molar-refractivity contribution is -0.116. The molecule has 0 unspecified atom stereocenters. The van der Waals surface area contributed by atoms with Crippen LogP contribution in [-0.4, -0.2) is 27.9 Å². The van der Waals surface area contributed by atoms with Gasteiger partial charge in [-0.05, 0) is 37.1 Å². The van der Waals surface area contributed by atoms with Crippen LogP contribution in [0.1, 0.15) is 35.7 Å². The third kappa shape index (κ3) is 4.68. The number of para-hydroxylation sites is 2. The lowest BCUT2D eigenvalue weighted by Crippen LogP contribution is -2.26. The summed E-state index contributed by atoms with van der Waals surface area (Å²) in [6.07, 6.45) is 2.38. The van der Waals surface area contributed by atoms with Gasteiger partial charge in [-0.3, -0.25) is 19.0 Å². The minimum Gasteiger partial charge on any atom is -0.352 e. The molecule has 0 aliphatic heterocycles. The molecule has 2 amide bonds. The summed E-state index contributed by atoms with van der Waals surface area (Å²) in [5.74, 6) is -0.509. The fourth-order valence-electron chi connectivity index (χ4n) is 3.06. The van der Waals surface area contributed by atoms with E-state index in [1.807, 2.05) is 26.0 Å². The second kappa shape index (κ2) is 9.14. The first-order valence-electron chi connectivity index (χ1n) is 9.63. The van der Waals surface area contributed by atoms with E-state index in [9.17, 15) is 14.4 Å². The van der Waals surface area contributed by atoms with E-state index in [1.165, 1.54) is 10.9 Å². The van der Waals surface area contributed by atoms with Gasteiger partial charge in [-0.1, -0.05) is 31.2 Å². The standard InChI is InChI=1S/C22H24N4O3/c1-3-12-23-21(28)16-8-4-5-10-18(16)25-19(27)11-13-26-14-24-20-15(2)7-6-9-17(20)22(26)29/h4-10,14H,3,11-13H2,1-2H3,(H,23,28)(H,25,27). The number of hydrogen-bond donors (Lipinski definition) is 2. The molecule has 7 heteroatoms. The Morgan fingerprint density at radius 2 is 1.90 bits per heavy atom.